The SMILES string of the molecule is O=C(CCCCC1CCSS1)NCCCN=c1c2ccc(Cl)cc2nc2n1CCC2. The van der Waals surface area contributed by atoms with Crippen LogP contribution in [0.25, 0.3) is 10.9 Å². The molecule has 2 aliphatic heterocycles. The average molecular weight is 465 g/mol. The van der Waals surface area contributed by atoms with Crippen LogP contribution < -0.4 is 10.8 Å². The number of aromatic nitrogens is 2. The molecule has 0 radical (unpaired) electrons. The molecule has 2 aliphatic rings. The first-order valence-corrected chi connectivity index (χ1v) is 13.7. The molecule has 0 saturated carbocycles. The molecule has 4 rings (SSSR count). The number of aryl methyl sites for hydroxylation is 1. The number of nitrogens with zero attached hydrogens (tertiary/aromatic N) is 3. The summed E-state index contributed by atoms with van der Waals surface area (Å²) in [5.41, 5.74) is 1.91. The third kappa shape index (κ3) is 5.74. The van der Waals surface area contributed by atoms with Gasteiger partial charge in [-0.1, -0.05) is 39.6 Å². The first-order valence-electron chi connectivity index (χ1n) is 10.9. The van der Waals surface area contributed by atoms with Gasteiger partial charge >= 0.3 is 0 Å². The van der Waals surface area contributed by atoms with Crippen LogP contribution in [0.4, 0.5) is 0 Å². The summed E-state index contributed by atoms with van der Waals surface area (Å²) in [4.78, 5) is 21.7. The van der Waals surface area contributed by atoms with Crippen molar-refractivity contribution in [1.82, 2.24) is 14.9 Å². The zero-order valence-corrected chi connectivity index (χ0v) is 19.6. The van der Waals surface area contributed by atoms with E-state index < -0.39 is 0 Å². The lowest BCUT2D eigenvalue weighted by Gasteiger charge is -2.09. The maximum atomic E-state index is 12.1. The van der Waals surface area contributed by atoms with E-state index in [0.29, 0.717) is 24.5 Å². The molecule has 0 bridgehead atoms. The van der Waals surface area contributed by atoms with Crippen LogP contribution in [-0.4, -0.2) is 39.6 Å². The lowest BCUT2D eigenvalue weighted by atomic mass is 10.1. The van der Waals surface area contributed by atoms with Crippen LogP contribution in [0.5, 0.6) is 0 Å². The molecule has 1 saturated heterocycles. The first-order chi connectivity index (χ1) is 14.7. The van der Waals surface area contributed by atoms with Gasteiger partial charge in [0.05, 0.1) is 5.52 Å². The lowest BCUT2D eigenvalue weighted by molar-refractivity contribution is -0.121. The lowest BCUT2D eigenvalue weighted by Crippen LogP contribution is -2.26. The maximum absolute atomic E-state index is 12.1. The largest absolute Gasteiger partial charge is 0.356 e. The van der Waals surface area contributed by atoms with Gasteiger partial charge in [0.1, 0.15) is 11.3 Å². The van der Waals surface area contributed by atoms with E-state index in [1.165, 1.54) is 18.6 Å². The summed E-state index contributed by atoms with van der Waals surface area (Å²) in [6.07, 6.45) is 8.29. The summed E-state index contributed by atoms with van der Waals surface area (Å²) in [7, 11) is 4.01. The smallest absolute Gasteiger partial charge is 0.219 e. The minimum atomic E-state index is 0.169. The minimum absolute atomic E-state index is 0.169. The molecule has 30 heavy (non-hydrogen) atoms. The average Bonchev–Trinajstić information content (AvgIpc) is 3.42. The fraction of sp³-hybridized carbons (Fsp3) is 0.591. The van der Waals surface area contributed by atoms with Gasteiger partial charge < -0.3 is 9.88 Å². The topological polar surface area (TPSA) is 59.3 Å². The van der Waals surface area contributed by atoms with Crippen molar-refractivity contribution in [3.63, 3.8) is 0 Å². The highest BCUT2D eigenvalue weighted by molar-refractivity contribution is 8.77. The summed E-state index contributed by atoms with van der Waals surface area (Å²) in [6, 6.07) is 5.83. The number of halogens is 1. The van der Waals surface area contributed by atoms with Crippen molar-refractivity contribution in [2.45, 2.75) is 63.2 Å². The second kappa shape index (κ2) is 10.9. The van der Waals surface area contributed by atoms with Crippen molar-refractivity contribution in [3.05, 3.63) is 34.5 Å². The number of benzene rings is 1. The van der Waals surface area contributed by atoms with Gasteiger partial charge in [-0.25, -0.2) is 4.98 Å². The van der Waals surface area contributed by atoms with E-state index in [0.717, 1.165) is 66.1 Å². The number of hydrogen-bond donors (Lipinski definition) is 1. The van der Waals surface area contributed by atoms with E-state index >= 15 is 0 Å². The molecular weight excluding hydrogens is 436 g/mol. The Kier molecular flexibility index (Phi) is 8.01. The van der Waals surface area contributed by atoms with E-state index in [1.807, 2.05) is 39.8 Å². The highest BCUT2D eigenvalue weighted by Gasteiger charge is 2.16. The molecule has 1 unspecified atom stereocenters. The molecule has 0 spiro atoms. The Morgan fingerprint density at radius 3 is 3.13 bits per heavy atom. The number of rotatable bonds is 9. The predicted octanol–water partition coefficient (Wildman–Crippen LogP) is 4.76. The van der Waals surface area contributed by atoms with Crippen LogP contribution in [0.2, 0.25) is 5.02 Å². The van der Waals surface area contributed by atoms with Gasteiger partial charge in [0, 0.05) is 53.9 Å². The molecule has 2 aromatic rings. The van der Waals surface area contributed by atoms with Crippen molar-refractivity contribution in [3.8, 4) is 0 Å². The Labute approximate surface area is 190 Å². The Bertz CT molecular complexity index is 956. The van der Waals surface area contributed by atoms with Gasteiger partial charge in [-0.2, -0.15) is 0 Å². The van der Waals surface area contributed by atoms with Crippen molar-refractivity contribution in [2.75, 3.05) is 18.8 Å². The molecule has 5 nitrogen and oxygen atoms in total. The number of nitrogens with one attached hydrogen (secondary N) is 1. The summed E-state index contributed by atoms with van der Waals surface area (Å²) >= 11 is 6.16. The molecule has 162 valence electrons. The number of hydrogen-bond acceptors (Lipinski definition) is 5. The van der Waals surface area contributed by atoms with Crippen molar-refractivity contribution in [1.29, 1.82) is 0 Å². The number of amides is 1. The number of fused-ring (bicyclic) bond motifs is 2. The Morgan fingerprint density at radius 2 is 2.27 bits per heavy atom. The van der Waals surface area contributed by atoms with Crippen LogP contribution in [0.1, 0.15) is 50.8 Å². The van der Waals surface area contributed by atoms with Crippen molar-refractivity contribution < 1.29 is 4.79 Å². The second-order valence-electron chi connectivity index (χ2n) is 7.93. The molecule has 8 heteroatoms. The molecular formula is C22H29ClN4OS2. The summed E-state index contributed by atoms with van der Waals surface area (Å²) in [5, 5.41) is 5.60. The molecule has 0 aliphatic carbocycles. The molecule has 1 fully saturated rings. The van der Waals surface area contributed by atoms with Gasteiger partial charge in [-0.15, -0.1) is 0 Å². The van der Waals surface area contributed by atoms with Gasteiger partial charge in [0.2, 0.25) is 5.91 Å². The summed E-state index contributed by atoms with van der Waals surface area (Å²) in [5.74, 6) is 2.54. The normalized spacial score (nSPS) is 18.8. The van der Waals surface area contributed by atoms with E-state index in [9.17, 15) is 4.79 Å². The fourth-order valence-corrected chi connectivity index (χ4v) is 7.24. The summed E-state index contributed by atoms with van der Waals surface area (Å²) < 4.78 is 2.23. The zero-order valence-electron chi connectivity index (χ0n) is 17.2. The van der Waals surface area contributed by atoms with Gasteiger partial charge in [0.15, 0.2) is 0 Å². The van der Waals surface area contributed by atoms with Crippen molar-refractivity contribution >= 4 is 50.0 Å². The summed E-state index contributed by atoms with van der Waals surface area (Å²) in [6.45, 7) is 2.34. The van der Waals surface area contributed by atoms with Gasteiger partial charge in [0.25, 0.3) is 0 Å². The van der Waals surface area contributed by atoms with Crippen LogP contribution in [0.3, 0.4) is 0 Å². The predicted molar refractivity (Wildman–Crippen MR) is 128 cm³/mol. The molecule has 1 atom stereocenters. The van der Waals surface area contributed by atoms with Crippen LogP contribution in [-0.2, 0) is 17.8 Å². The van der Waals surface area contributed by atoms with Crippen molar-refractivity contribution in [2.24, 2.45) is 4.99 Å². The molecule has 1 aromatic carbocycles. The van der Waals surface area contributed by atoms with Gasteiger partial charge in [-0.3, -0.25) is 9.79 Å². The van der Waals surface area contributed by atoms with E-state index in [-0.39, 0.29) is 5.91 Å². The first kappa shape index (κ1) is 22.0. The zero-order chi connectivity index (χ0) is 20.8. The molecule has 3 heterocycles. The number of unbranched alkanes of at least 4 members (excludes halogenated alkanes) is 1. The minimum Gasteiger partial charge on any atom is -0.356 e. The number of carbonyl (C=O) groups is 1. The van der Waals surface area contributed by atoms with E-state index in [4.69, 9.17) is 21.6 Å². The van der Waals surface area contributed by atoms with E-state index in [1.54, 1.807) is 0 Å². The standard InChI is InChI=1S/C22H29ClN4OS2/c23-16-8-9-18-19(15-16)26-20-6-3-13-27(20)22(18)25-12-4-11-24-21(28)7-2-1-5-17-10-14-29-30-17/h8-9,15,17H,1-7,10-14H2,(H,24,28). The quantitative estimate of drug-likeness (QED) is 0.429. The third-order valence-corrected chi connectivity index (χ3v) is 8.87. The highest BCUT2D eigenvalue weighted by atomic mass is 35.5. The second-order valence-corrected chi connectivity index (χ2v) is 11.2. The maximum Gasteiger partial charge on any atom is 0.219 e. The Balaban J connectivity index is 1.25. The Morgan fingerprint density at radius 1 is 1.33 bits per heavy atom. The Hall–Kier alpha value is -1.18. The molecule has 1 N–H and O–H groups in total. The van der Waals surface area contributed by atoms with Crippen LogP contribution in [0.15, 0.2) is 23.2 Å². The molecule has 1 aromatic heterocycles. The van der Waals surface area contributed by atoms with Crippen LogP contribution in [0, 0.1) is 0 Å². The monoisotopic (exact) mass is 464 g/mol. The number of carbonyl (C=O) groups excluding carboxylic acids is 1. The molecule has 1 amide bonds. The van der Waals surface area contributed by atoms with Crippen LogP contribution >= 0.6 is 33.2 Å². The van der Waals surface area contributed by atoms with Gasteiger partial charge in [-0.05, 0) is 50.3 Å². The fourth-order valence-electron chi connectivity index (χ4n) is 4.05. The highest BCUT2D eigenvalue weighted by Crippen LogP contribution is 2.39. The third-order valence-electron chi connectivity index (χ3n) is 5.63. The van der Waals surface area contributed by atoms with E-state index in [2.05, 4.69) is 9.88 Å².